The summed E-state index contributed by atoms with van der Waals surface area (Å²) >= 11 is 0. The first-order valence-corrected chi connectivity index (χ1v) is 10.5. The van der Waals surface area contributed by atoms with Crippen molar-refractivity contribution in [2.24, 2.45) is 5.92 Å². The van der Waals surface area contributed by atoms with Gasteiger partial charge in [0.15, 0.2) is 17.6 Å². The number of methoxy groups -OCH3 is 1. The second-order valence-electron chi connectivity index (χ2n) is 8.68. The van der Waals surface area contributed by atoms with Gasteiger partial charge in [-0.3, -0.25) is 4.79 Å². The number of unbranched alkanes of at least 4 members (excludes halogenated alkanes) is 1. The third-order valence-corrected chi connectivity index (χ3v) is 7.34. The van der Waals surface area contributed by atoms with Crippen LogP contribution in [-0.4, -0.2) is 49.8 Å². The zero-order chi connectivity index (χ0) is 19.5. The van der Waals surface area contributed by atoms with Crippen molar-refractivity contribution in [3.63, 3.8) is 0 Å². The number of piperidine rings is 1. The van der Waals surface area contributed by atoms with E-state index in [4.69, 9.17) is 14.2 Å². The number of carbonyl (C=O) groups excluding carboxylic acids is 1. The number of esters is 1. The van der Waals surface area contributed by atoms with Crippen molar-refractivity contribution in [1.82, 2.24) is 4.90 Å². The molecule has 2 aliphatic heterocycles. The fraction of sp³-hybridized carbons (Fsp3) is 0.609. The molecule has 2 bridgehead atoms. The van der Waals surface area contributed by atoms with Crippen LogP contribution in [0.5, 0.6) is 11.5 Å². The lowest BCUT2D eigenvalue weighted by Gasteiger charge is -2.56. The van der Waals surface area contributed by atoms with E-state index in [1.54, 1.807) is 7.11 Å². The summed E-state index contributed by atoms with van der Waals surface area (Å²) in [5.74, 6) is 1.91. The van der Waals surface area contributed by atoms with E-state index in [0.29, 0.717) is 18.4 Å². The largest absolute Gasteiger partial charge is 0.493 e. The fourth-order valence-electron chi connectivity index (χ4n) is 6.00. The summed E-state index contributed by atoms with van der Waals surface area (Å²) in [4.78, 5) is 14.9. The van der Waals surface area contributed by atoms with Gasteiger partial charge in [-0.25, -0.2) is 0 Å². The molecular formula is C23H29NO4. The van der Waals surface area contributed by atoms with E-state index in [1.807, 2.05) is 6.07 Å². The summed E-state index contributed by atoms with van der Waals surface area (Å²) in [6.07, 6.45) is 8.22. The van der Waals surface area contributed by atoms with Crippen LogP contribution >= 0.6 is 0 Å². The maximum atomic E-state index is 12.4. The molecule has 1 aromatic carbocycles. The van der Waals surface area contributed by atoms with Crippen molar-refractivity contribution in [3.8, 4) is 11.5 Å². The van der Waals surface area contributed by atoms with Crippen LogP contribution < -0.4 is 9.47 Å². The minimum absolute atomic E-state index is 0.126. The van der Waals surface area contributed by atoms with Gasteiger partial charge in [0.05, 0.1) is 7.11 Å². The number of ether oxygens (including phenoxy) is 3. The first-order valence-electron chi connectivity index (χ1n) is 10.5. The Morgan fingerprint density at radius 3 is 3.00 bits per heavy atom. The SMILES string of the molecule is CCCCC(=O)O[C@H]1C=C[C@H]2[C@H]3Cc4ccc(OC)c5c4[C@@]2(CCN3C)[C@H]1O5. The molecule has 4 aliphatic rings. The van der Waals surface area contributed by atoms with Gasteiger partial charge in [-0.2, -0.15) is 0 Å². The second-order valence-corrected chi connectivity index (χ2v) is 8.68. The number of likely N-dealkylation sites (N-methyl/N-ethyl adjacent to an activating group) is 1. The Morgan fingerprint density at radius 1 is 1.36 bits per heavy atom. The van der Waals surface area contributed by atoms with Crippen LogP contribution in [-0.2, 0) is 21.4 Å². The number of rotatable bonds is 5. The van der Waals surface area contributed by atoms with Gasteiger partial charge >= 0.3 is 5.97 Å². The van der Waals surface area contributed by atoms with Crippen molar-refractivity contribution < 1.29 is 19.0 Å². The number of benzene rings is 1. The summed E-state index contributed by atoms with van der Waals surface area (Å²) in [6.45, 7) is 3.12. The average molecular weight is 383 g/mol. The monoisotopic (exact) mass is 383 g/mol. The summed E-state index contributed by atoms with van der Waals surface area (Å²) in [6, 6.07) is 4.68. The number of hydrogen-bond donors (Lipinski definition) is 0. The van der Waals surface area contributed by atoms with E-state index in [0.717, 1.165) is 43.7 Å². The molecule has 1 saturated heterocycles. The van der Waals surface area contributed by atoms with Crippen LogP contribution in [0, 0.1) is 5.92 Å². The lowest BCUT2D eigenvalue weighted by molar-refractivity contribution is -0.155. The van der Waals surface area contributed by atoms with E-state index >= 15 is 0 Å². The van der Waals surface area contributed by atoms with E-state index in [-0.39, 0.29) is 23.6 Å². The number of hydrogen-bond acceptors (Lipinski definition) is 5. The molecule has 0 amide bonds. The first kappa shape index (κ1) is 18.0. The highest BCUT2D eigenvalue weighted by Crippen LogP contribution is 2.62. The highest BCUT2D eigenvalue weighted by molar-refractivity contribution is 5.70. The zero-order valence-electron chi connectivity index (χ0n) is 16.9. The molecule has 1 spiro atoms. The van der Waals surface area contributed by atoms with Gasteiger partial charge in [0, 0.05) is 29.4 Å². The van der Waals surface area contributed by atoms with Gasteiger partial charge < -0.3 is 19.1 Å². The number of nitrogens with zero attached hydrogens (tertiary/aromatic N) is 1. The third kappa shape index (κ3) is 2.32. The van der Waals surface area contributed by atoms with E-state index in [9.17, 15) is 4.79 Å². The van der Waals surface area contributed by atoms with Gasteiger partial charge in [0.2, 0.25) is 0 Å². The molecule has 5 heteroatoms. The Balaban J connectivity index is 1.59. The highest BCUT2D eigenvalue weighted by Gasteiger charge is 2.65. The molecule has 5 nitrogen and oxygen atoms in total. The van der Waals surface area contributed by atoms with Gasteiger partial charge in [-0.05, 0) is 50.6 Å². The Labute approximate surface area is 166 Å². The van der Waals surface area contributed by atoms with E-state index in [2.05, 4.69) is 37.1 Å². The number of carbonyl (C=O) groups is 1. The third-order valence-electron chi connectivity index (χ3n) is 7.34. The molecule has 2 heterocycles. The maximum absolute atomic E-state index is 12.4. The van der Waals surface area contributed by atoms with Crippen molar-refractivity contribution in [1.29, 1.82) is 0 Å². The zero-order valence-corrected chi connectivity index (χ0v) is 16.9. The molecule has 1 fully saturated rings. The lowest BCUT2D eigenvalue weighted by Crippen LogP contribution is -2.65. The maximum Gasteiger partial charge on any atom is 0.306 e. The molecule has 0 saturated carbocycles. The van der Waals surface area contributed by atoms with Crippen LogP contribution in [0.4, 0.5) is 0 Å². The Morgan fingerprint density at radius 2 is 2.21 bits per heavy atom. The summed E-state index contributed by atoms with van der Waals surface area (Å²) in [5.41, 5.74) is 2.54. The molecule has 2 aliphatic carbocycles. The Kier molecular flexibility index (Phi) is 4.20. The second kappa shape index (κ2) is 6.51. The average Bonchev–Trinajstić information content (AvgIpc) is 3.05. The molecule has 0 N–H and O–H groups in total. The molecule has 0 radical (unpaired) electrons. The first-order chi connectivity index (χ1) is 13.6. The molecule has 5 atom stereocenters. The van der Waals surface area contributed by atoms with Crippen molar-refractivity contribution in [3.05, 3.63) is 35.4 Å². The van der Waals surface area contributed by atoms with Crippen LogP contribution in [0.1, 0.15) is 43.7 Å². The smallest absolute Gasteiger partial charge is 0.306 e. The Bertz CT molecular complexity index is 834. The molecular weight excluding hydrogens is 354 g/mol. The molecule has 0 unspecified atom stereocenters. The number of likely N-dealkylation sites (tertiary alicyclic amines) is 1. The molecule has 28 heavy (non-hydrogen) atoms. The molecule has 0 aromatic heterocycles. The predicted octanol–water partition coefficient (Wildman–Crippen LogP) is 3.24. The van der Waals surface area contributed by atoms with Crippen LogP contribution in [0.25, 0.3) is 0 Å². The highest BCUT2D eigenvalue weighted by atomic mass is 16.6. The topological polar surface area (TPSA) is 48.0 Å². The van der Waals surface area contributed by atoms with Gasteiger partial charge in [0.25, 0.3) is 0 Å². The van der Waals surface area contributed by atoms with Gasteiger partial charge in [-0.1, -0.05) is 25.5 Å². The lowest BCUT2D eigenvalue weighted by atomic mass is 9.53. The minimum atomic E-state index is -0.340. The van der Waals surface area contributed by atoms with Gasteiger partial charge in [-0.15, -0.1) is 0 Å². The Hall–Kier alpha value is -2.01. The summed E-state index contributed by atoms with van der Waals surface area (Å²) < 4.78 is 18.2. The standard InChI is InChI=1S/C23H29NO4/c1-4-5-6-19(25)27-18-10-8-15-16-13-14-7-9-17(26-3)21-20(14)23(15,22(18)28-21)11-12-24(16)2/h7-10,15-16,18,22H,4-6,11-13H2,1-3H3/t15-,16+,18-,22-,23-/m0/s1. The predicted molar refractivity (Wildman–Crippen MR) is 106 cm³/mol. The molecule has 1 aromatic rings. The summed E-state index contributed by atoms with van der Waals surface area (Å²) in [5, 5.41) is 0. The van der Waals surface area contributed by atoms with Crippen LogP contribution in [0.3, 0.4) is 0 Å². The molecule has 150 valence electrons. The van der Waals surface area contributed by atoms with E-state index in [1.165, 1.54) is 11.1 Å². The normalized spacial score (nSPS) is 34.5. The van der Waals surface area contributed by atoms with E-state index < -0.39 is 0 Å². The summed E-state index contributed by atoms with van der Waals surface area (Å²) in [7, 11) is 3.92. The van der Waals surface area contributed by atoms with Crippen molar-refractivity contribution in [2.75, 3.05) is 20.7 Å². The fourth-order valence-corrected chi connectivity index (χ4v) is 6.00. The van der Waals surface area contributed by atoms with Crippen molar-refractivity contribution in [2.45, 2.75) is 62.7 Å². The molecule has 5 rings (SSSR count). The minimum Gasteiger partial charge on any atom is -0.493 e. The van der Waals surface area contributed by atoms with Crippen LogP contribution in [0.2, 0.25) is 0 Å². The quantitative estimate of drug-likeness (QED) is 0.577. The van der Waals surface area contributed by atoms with Crippen LogP contribution in [0.15, 0.2) is 24.3 Å². The van der Waals surface area contributed by atoms with Gasteiger partial charge in [0.1, 0.15) is 6.10 Å². The van der Waals surface area contributed by atoms with Crippen molar-refractivity contribution >= 4 is 5.97 Å².